The molecule has 3 atom stereocenters. The van der Waals surface area contributed by atoms with Gasteiger partial charge in [0.25, 0.3) is 0 Å². The van der Waals surface area contributed by atoms with Crippen molar-refractivity contribution in [3.8, 4) is 0 Å². The van der Waals surface area contributed by atoms with Gasteiger partial charge in [-0.05, 0) is 35.6 Å². The molecular formula is C19H16ClNO2. The fourth-order valence-electron chi connectivity index (χ4n) is 3.77. The topological polar surface area (TPSA) is 49.3 Å². The molecule has 1 heterocycles. The second kappa shape index (κ2) is 5.43. The van der Waals surface area contributed by atoms with E-state index in [-0.39, 0.29) is 17.5 Å². The van der Waals surface area contributed by atoms with Crippen molar-refractivity contribution in [2.45, 2.75) is 18.4 Å². The van der Waals surface area contributed by atoms with Gasteiger partial charge in [0.05, 0.1) is 22.3 Å². The van der Waals surface area contributed by atoms with Crippen molar-refractivity contribution < 1.29 is 9.90 Å². The molecule has 2 aliphatic rings. The fraction of sp³-hybridized carbons (Fsp3) is 0.211. The molecule has 2 aromatic carbocycles. The maximum atomic E-state index is 11.3. The number of rotatable bonds is 2. The molecule has 0 unspecified atom stereocenters. The number of carbonyl (C=O) groups is 1. The van der Waals surface area contributed by atoms with Crippen molar-refractivity contribution in [3.63, 3.8) is 0 Å². The summed E-state index contributed by atoms with van der Waals surface area (Å²) in [5.41, 5.74) is 3.32. The Morgan fingerprint density at radius 1 is 1.22 bits per heavy atom. The number of benzene rings is 2. The minimum absolute atomic E-state index is 0.178. The zero-order chi connectivity index (χ0) is 16.0. The van der Waals surface area contributed by atoms with Crippen LogP contribution in [0.25, 0.3) is 0 Å². The lowest BCUT2D eigenvalue weighted by Gasteiger charge is -2.38. The first-order chi connectivity index (χ1) is 11.1. The molecule has 0 bridgehead atoms. The molecule has 0 saturated carbocycles. The molecule has 0 spiro atoms. The highest BCUT2D eigenvalue weighted by molar-refractivity contribution is 6.33. The van der Waals surface area contributed by atoms with Gasteiger partial charge in [0.15, 0.2) is 0 Å². The summed E-state index contributed by atoms with van der Waals surface area (Å²) in [6.45, 7) is 0. The Morgan fingerprint density at radius 2 is 2.00 bits per heavy atom. The molecule has 1 aliphatic heterocycles. The van der Waals surface area contributed by atoms with Crippen molar-refractivity contribution in [1.29, 1.82) is 0 Å². The van der Waals surface area contributed by atoms with E-state index in [0.29, 0.717) is 10.9 Å². The van der Waals surface area contributed by atoms with Crippen LogP contribution in [-0.4, -0.2) is 11.1 Å². The molecule has 0 fully saturated rings. The van der Waals surface area contributed by atoms with E-state index in [9.17, 15) is 9.90 Å². The van der Waals surface area contributed by atoms with Crippen LogP contribution in [0.15, 0.2) is 54.6 Å². The van der Waals surface area contributed by atoms with Crippen LogP contribution in [0.4, 0.5) is 5.69 Å². The lowest BCUT2D eigenvalue weighted by Crippen LogP contribution is -2.29. The number of nitrogens with one attached hydrogen (secondary N) is 1. The Bertz CT molecular complexity index is 801. The predicted molar refractivity (Wildman–Crippen MR) is 91.2 cm³/mol. The molecule has 23 heavy (non-hydrogen) atoms. The summed E-state index contributed by atoms with van der Waals surface area (Å²) in [4.78, 5) is 11.3. The summed E-state index contributed by atoms with van der Waals surface area (Å²) in [6.07, 6.45) is 5.34. The van der Waals surface area contributed by atoms with Gasteiger partial charge < -0.3 is 10.4 Å². The monoisotopic (exact) mass is 325 g/mol. The molecule has 3 nitrogen and oxygen atoms in total. The summed E-state index contributed by atoms with van der Waals surface area (Å²) < 4.78 is 0. The number of aromatic carboxylic acids is 1. The number of hydrogen-bond donors (Lipinski definition) is 2. The second-order valence-electron chi connectivity index (χ2n) is 6.11. The zero-order valence-electron chi connectivity index (χ0n) is 12.4. The van der Waals surface area contributed by atoms with Crippen molar-refractivity contribution >= 4 is 23.3 Å². The van der Waals surface area contributed by atoms with Crippen LogP contribution >= 0.6 is 11.6 Å². The fourth-order valence-corrected chi connectivity index (χ4v) is 4.05. The number of allylic oxidation sites excluding steroid dienone is 2. The number of carboxylic acid groups (broad SMARTS) is 1. The third-order valence-corrected chi connectivity index (χ3v) is 5.12. The minimum atomic E-state index is -0.946. The first-order valence-corrected chi connectivity index (χ1v) is 8.08. The van der Waals surface area contributed by atoms with Crippen LogP contribution in [0.3, 0.4) is 0 Å². The number of carboxylic acids is 1. The maximum absolute atomic E-state index is 11.3. The average molecular weight is 326 g/mol. The summed E-state index contributed by atoms with van der Waals surface area (Å²) in [7, 11) is 0. The van der Waals surface area contributed by atoms with Gasteiger partial charge in [-0.15, -0.1) is 0 Å². The molecule has 116 valence electrons. The summed E-state index contributed by atoms with van der Waals surface area (Å²) >= 11 is 6.38. The van der Waals surface area contributed by atoms with E-state index in [1.807, 2.05) is 18.2 Å². The first-order valence-electron chi connectivity index (χ1n) is 7.70. The minimum Gasteiger partial charge on any atom is -0.478 e. The molecule has 0 aromatic heterocycles. The van der Waals surface area contributed by atoms with Crippen LogP contribution in [0.5, 0.6) is 0 Å². The SMILES string of the molecule is O=C(O)c1cc(Cl)c2c(c1)[C@@H]1C=CC[C@H]1[C@H](c1ccccc1)N2. The molecule has 4 rings (SSSR count). The molecular weight excluding hydrogens is 310 g/mol. The molecule has 0 amide bonds. The van der Waals surface area contributed by atoms with Gasteiger partial charge in [-0.25, -0.2) is 4.79 Å². The summed E-state index contributed by atoms with van der Waals surface area (Å²) in [5.74, 6) is -0.364. The summed E-state index contributed by atoms with van der Waals surface area (Å²) in [5, 5.41) is 13.3. The van der Waals surface area contributed by atoms with E-state index < -0.39 is 5.97 Å². The number of anilines is 1. The Balaban J connectivity index is 1.84. The molecule has 1 aliphatic carbocycles. The van der Waals surface area contributed by atoms with Crippen LogP contribution in [-0.2, 0) is 0 Å². The van der Waals surface area contributed by atoms with Crippen LogP contribution in [0.1, 0.15) is 39.9 Å². The normalized spacial score (nSPS) is 24.7. The maximum Gasteiger partial charge on any atom is 0.335 e. The van der Waals surface area contributed by atoms with Gasteiger partial charge in [0.2, 0.25) is 0 Å². The average Bonchev–Trinajstić information content (AvgIpc) is 3.04. The Hall–Kier alpha value is -2.26. The lowest BCUT2D eigenvalue weighted by molar-refractivity contribution is 0.0696. The predicted octanol–water partition coefficient (Wildman–Crippen LogP) is 4.86. The van der Waals surface area contributed by atoms with Gasteiger partial charge in [-0.3, -0.25) is 0 Å². The van der Waals surface area contributed by atoms with Gasteiger partial charge in [0, 0.05) is 5.92 Å². The highest BCUT2D eigenvalue weighted by atomic mass is 35.5. The van der Waals surface area contributed by atoms with Gasteiger partial charge in [0.1, 0.15) is 0 Å². The summed E-state index contributed by atoms with van der Waals surface area (Å²) in [6, 6.07) is 13.8. The second-order valence-corrected chi connectivity index (χ2v) is 6.52. The van der Waals surface area contributed by atoms with E-state index in [4.69, 9.17) is 11.6 Å². The number of halogens is 1. The number of fused-ring (bicyclic) bond motifs is 3. The van der Waals surface area contributed by atoms with E-state index in [0.717, 1.165) is 17.7 Å². The Labute approximate surface area is 139 Å². The van der Waals surface area contributed by atoms with Gasteiger partial charge in [-0.2, -0.15) is 0 Å². The van der Waals surface area contributed by atoms with E-state index in [1.54, 1.807) is 6.07 Å². The quantitative estimate of drug-likeness (QED) is 0.775. The smallest absolute Gasteiger partial charge is 0.335 e. The van der Waals surface area contributed by atoms with Gasteiger partial charge in [-0.1, -0.05) is 54.1 Å². The molecule has 2 N–H and O–H groups in total. The standard InChI is InChI=1S/C19H16ClNO2/c20-16-10-12(19(22)23)9-15-13-7-4-8-14(13)17(21-18(15)16)11-5-2-1-3-6-11/h1-7,9-10,13-14,17,21H,8H2,(H,22,23)/t13-,14-,17+/m1/s1. The van der Waals surface area contributed by atoms with Crippen LogP contribution < -0.4 is 5.32 Å². The third kappa shape index (κ3) is 2.32. The molecule has 4 heteroatoms. The zero-order valence-corrected chi connectivity index (χ0v) is 13.1. The van der Waals surface area contributed by atoms with E-state index in [1.165, 1.54) is 11.6 Å². The highest BCUT2D eigenvalue weighted by Gasteiger charge is 2.39. The first kappa shape index (κ1) is 14.3. The van der Waals surface area contributed by atoms with Crippen molar-refractivity contribution in [1.82, 2.24) is 0 Å². The van der Waals surface area contributed by atoms with E-state index >= 15 is 0 Å². The molecule has 2 aromatic rings. The van der Waals surface area contributed by atoms with Gasteiger partial charge >= 0.3 is 5.97 Å². The van der Waals surface area contributed by atoms with Crippen molar-refractivity contribution in [3.05, 3.63) is 76.3 Å². The van der Waals surface area contributed by atoms with Crippen LogP contribution in [0, 0.1) is 5.92 Å². The molecule has 0 saturated heterocycles. The van der Waals surface area contributed by atoms with Crippen molar-refractivity contribution in [2.75, 3.05) is 5.32 Å². The van der Waals surface area contributed by atoms with Crippen LogP contribution in [0.2, 0.25) is 5.02 Å². The number of hydrogen-bond acceptors (Lipinski definition) is 2. The Kier molecular flexibility index (Phi) is 3.38. The Morgan fingerprint density at radius 3 is 2.74 bits per heavy atom. The third-order valence-electron chi connectivity index (χ3n) is 4.83. The largest absolute Gasteiger partial charge is 0.478 e. The highest BCUT2D eigenvalue weighted by Crippen LogP contribution is 2.51. The van der Waals surface area contributed by atoms with E-state index in [2.05, 4.69) is 29.6 Å². The van der Waals surface area contributed by atoms with Crippen molar-refractivity contribution in [2.24, 2.45) is 5.92 Å². The molecule has 0 radical (unpaired) electrons. The lowest BCUT2D eigenvalue weighted by atomic mass is 9.76.